The molecular formula is C21H29N3O2S. The molecule has 1 aromatic carbocycles. The number of nitrogens with zero attached hydrogens (tertiary/aromatic N) is 2. The Morgan fingerprint density at radius 3 is 2.70 bits per heavy atom. The number of para-hydroxylation sites is 1. The molecule has 1 aromatic heterocycles. The SMILES string of the molecule is CC(C)CCC[C@H](C)NC(=O)CSc1nc2ccccc2c(=O)n1C1CC1. The summed E-state index contributed by atoms with van der Waals surface area (Å²) in [4.78, 5) is 29.8. The van der Waals surface area contributed by atoms with Crippen molar-refractivity contribution in [3.05, 3.63) is 34.6 Å². The van der Waals surface area contributed by atoms with Crippen LogP contribution >= 0.6 is 11.8 Å². The van der Waals surface area contributed by atoms with Gasteiger partial charge < -0.3 is 5.32 Å². The molecule has 1 heterocycles. The maximum Gasteiger partial charge on any atom is 0.262 e. The van der Waals surface area contributed by atoms with Gasteiger partial charge in [-0.1, -0.05) is 50.6 Å². The van der Waals surface area contributed by atoms with Crippen molar-refractivity contribution in [2.24, 2.45) is 5.92 Å². The molecule has 1 N–H and O–H groups in total. The number of amides is 1. The van der Waals surface area contributed by atoms with Gasteiger partial charge in [-0.15, -0.1) is 0 Å². The number of carbonyl (C=O) groups is 1. The van der Waals surface area contributed by atoms with E-state index in [1.54, 1.807) is 4.57 Å². The Morgan fingerprint density at radius 2 is 2.00 bits per heavy atom. The molecule has 1 fully saturated rings. The van der Waals surface area contributed by atoms with Crippen molar-refractivity contribution in [2.45, 2.75) is 70.1 Å². The van der Waals surface area contributed by atoms with Crippen LogP contribution in [0.25, 0.3) is 10.9 Å². The Morgan fingerprint density at radius 1 is 1.26 bits per heavy atom. The van der Waals surface area contributed by atoms with Crippen molar-refractivity contribution in [2.75, 3.05) is 5.75 Å². The lowest BCUT2D eigenvalue weighted by Crippen LogP contribution is -2.34. The number of thioether (sulfide) groups is 1. The molecule has 0 radical (unpaired) electrons. The standard InChI is InChI=1S/C21H29N3O2S/c1-14(2)7-6-8-15(3)22-19(25)13-27-21-23-18-10-5-4-9-17(18)20(26)24(21)16-11-12-16/h4-5,9-10,14-16H,6-8,11-13H2,1-3H3,(H,22,25)/t15-/m0/s1. The van der Waals surface area contributed by atoms with Gasteiger partial charge in [-0.25, -0.2) is 4.98 Å². The maximum absolute atomic E-state index is 12.8. The second-order valence-corrected chi connectivity index (χ2v) is 8.84. The molecule has 1 saturated carbocycles. The fourth-order valence-corrected chi connectivity index (χ4v) is 4.11. The molecule has 2 aromatic rings. The molecule has 5 nitrogen and oxygen atoms in total. The summed E-state index contributed by atoms with van der Waals surface area (Å²) < 4.78 is 1.78. The summed E-state index contributed by atoms with van der Waals surface area (Å²) in [7, 11) is 0. The zero-order valence-corrected chi connectivity index (χ0v) is 17.2. The summed E-state index contributed by atoms with van der Waals surface area (Å²) in [6, 6.07) is 7.83. The molecule has 3 rings (SSSR count). The van der Waals surface area contributed by atoms with Gasteiger partial charge in [0.2, 0.25) is 5.91 Å². The number of hydrogen-bond acceptors (Lipinski definition) is 4. The largest absolute Gasteiger partial charge is 0.353 e. The fraction of sp³-hybridized carbons (Fsp3) is 0.571. The van der Waals surface area contributed by atoms with E-state index in [2.05, 4.69) is 31.1 Å². The molecule has 1 aliphatic carbocycles. The van der Waals surface area contributed by atoms with Crippen LogP contribution in [0.1, 0.15) is 58.9 Å². The summed E-state index contributed by atoms with van der Waals surface area (Å²) in [5.74, 6) is 0.981. The lowest BCUT2D eigenvalue weighted by atomic mass is 10.0. The Balaban J connectivity index is 1.64. The number of benzene rings is 1. The zero-order chi connectivity index (χ0) is 19.4. The minimum Gasteiger partial charge on any atom is -0.353 e. The van der Waals surface area contributed by atoms with Crippen molar-refractivity contribution in [1.82, 2.24) is 14.9 Å². The van der Waals surface area contributed by atoms with Gasteiger partial charge in [0.15, 0.2) is 5.16 Å². The highest BCUT2D eigenvalue weighted by Gasteiger charge is 2.28. The molecule has 146 valence electrons. The van der Waals surface area contributed by atoms with E-state index in [-0.39, 0.29) is 29.3 Å². The van der Waals surface area contributed by atoms with Crippen LogP contribution in [0.3, 0.4) is 0 Å². The predicted octanol–water partition coefficient (Wildman–Crippen LogP) is 4.15. The van der Waals surface area contributed by atoms with Crippen LogP contribution in [-0.4, -0.2) is 27.3 Å². The number of hydrogen-bond donors (Lipinski definition) is 1. The van der Waals surface area contributed by atoms with Crippen LogP contribution in [0.15, 0.2) is 34.2 Å². The van der Waals surface area contributed by atoms with Gasteiger partial charge in [-0.2, -0.15) is 0 Å². The molecule has 0 unspecified atom stereocenters. The highest BCUT2D eigenvalue weighted by Crippen LogP contribution is 2.36. The average molecular weight is 388 g/mol. The topological polar surface area (TPSA) is 64.0 Å². The van der Waals surface area contributed by atoms with E-state index in [9.17, 15) is 9.59 Å². The Hall–Kier alpha value is -1.82. The van der Waals surface area contributed by atoms with E-state index in [4.69, 9.17) is 0 Å². The quantitative estimate of drug-likeness (QED) is 0.518. The first-order valence-electron chi connectivity index (χ1n) is 9.89. The Bertz CT molecular complexity index is 858. The predicted molar refractivity (Wildman–Crippen MR) is 111 cm³/mol. The molecule has 0 bridgehead atoms. The van der Waals surface area contributed by atoms with E-state index >= 15 is 0 Å². The van der Waals surface area contributed by atoms with Gasteiger partial charge >= 0.3 is 0 Å². The number of rotatable bonds is 9. The van der Waals surface area contributed by atoms with Crippen LogP contribution in [0.2, 0.25) is 0 Å². The maximum atomic E-state index is 12.8. The van der Waals surface area contributed by atoms with Crippen molar-refractivity contribution in [3.8, 4) is 0 Å². The monoisotopic (exact) mass is 387 g/mol. The Kier molecular flexibility index (Phi) is 6.58. The molecule has 0 spiro atoms. The third-order valence-electron chi connectivity index (χ3n) is 4.85. The normalized spacial score (nSPS) is 15.3. The van der Waals surface area contributed by atoms with Crippen molar-refractivity contribution in [3.63, 3.8) is 0 Å². The van der Waals surface area contributed by atoms with Crippen molar-refractivity contribution >= 4 is 28.6 Å². The van der Waals surface area contributed by atoms with Crippen molar-refractivity contribution in [1.29, 1.82) is 0 Å². The van der Waals surface area contributed by atoms with Crippen molar-refractivity contribution < 1.29 is 4.79 Å². The highest BCUT2D eigenvalue weighted by molar-refractivity contribution is 7.99. The lowest BCUT2D eigenvalue weighted by molar-refractivity contribution is -0.119. The minimum absolute atomic E-state index is 0.00167. The van der Waals surface area contributed by atoms with Gasteiger partial charge in [-0.05, 0) is 44.2 Å². The van der Waals surface area contributed by atoms with Crippen LogP contribution in [0.5, 0.6) is 0 Å². The van der Waals surface area contributed by atoms with Gasteiger partial charge in [0.25, 0.3) is 5.56 Å². The molecular weight excluding hydrogens is 358 g/mol. The summed E-state index contributed by atoms with van der Waals surface area (Å²) in [5.41, 5.74) is 0.706. The number of fused-ring (bicyclic) bond motifs is 1. The van der Waals surface area contributed by atoms with Gasteiger partial charge in [-0.3, -0.25) is 14.2 Å². The van der Waals surface area contributed by atoms with E-state index in [1.165, 1.54) is 18.2 Å². The summed E-state index contributed by atoms with van der Waals surface area (Å²) in [6.07, 6.45) is 5.32. The molecule has 6 heteroatoms. The Labute approximate surface area is 164 Å². The first-order valence-corrected chi connectivity index (χ1v) is 10.9. The molecule has 27 heavy (non-hydrogen) atoms. The van der Waals surface area contributed by atoms with Gasteiger partial charge in [0, 0.05) is 12.1 Å². The summed E-state index contributed by atoms with van der Waals surface area (Å²) >= 11 is 1.36. The number of aromatic nitrogens is 2. The smallest absolute Gasteiger partial charge is 0.262 e. The van der Waals surface area contributed by atoms with Crippen LogP contribution < -0.4 is 10.9 Å². The first kappa shape index (κ1) is 19.9. The van der Waals surface area contributed by atoms with E-state index in [0.29, 0.717) is 22.0 Å². The van der Waals surface area contributed by atoms with E-state index in [0.717, 1.165) is 25.7 Å². The van der Waals surface area contributed by atoms with Gasteiger partial charge in [0.05, 0.1) is 16.7 Å². The molecule has 1 atom stereocenters. The van der Waals surface area contributed by atoms with E-state index in [1.807, 2.05) is 24.3 Å². The zero-order valence-electron chi connectivity index (χ0n) is 16.4. The summed E-state index contributed by atoms with van der Waals surface area (Å²) in [5, 5.41) is 4.37. The minimum atomic E-state index is 0.00167. The molecule has 0 aliphatic heterocycles. The molecule has 1 aliphatic rings. The third kappa shape index (κ3) is 5.34. The number of carbonyl (C=O) groups excluding carboxylic acids is 1. The number of nitrogens with one attached hydrogen (secondary N) is 1. The fourth-order valence-electron chi connectivity index (χ4n) is 3.23. The van der Waals surface area contributed by atoms with E-state index < -0.39 is 0 Å². The second-order valence-electron chi connectivity index (χ2n) is 7.90. The highest BCUT2D eigenvalue weighted by atomic mass is 32.2. The molecule has 0 saturated heterocycles. The van der Waals surface area contributed by atoms with Crippen LogP contribution in [0.4, 0.5) is 0 Å². The van der Waals surface area contributed by atoms with Crippen LogP contribution in [-0.2, 0) is 4.79 Å². The first-order chi connectivity index (χ1) is 13.0. The van der Waals surface area contributed by atoms with Crippen LogP contribution in [0, 0.1) is 5.92 Å². The molecule has 1 amide bonds. The third-order valence-corrected chi connectivity index (χ3v) is 5.80. The van der Waals surface area contributed by atoms with Gasteiger partial charge in [0.1, 0.15) is 0 Å². The lowest BCUT2D eigenvalue weighted by Gasteiger charge is -2.15. The second kappa shape index (κ2) is 8.91. The summed E-state index contributed by atoms with van der Waals surface area (Å²) in [6.45, 7) is 6.49. The average Bonchev–Trinajstić information content (AvgIpc) is 3.44.